The lowest BCUT2D eigenvalue weighted by atomic mass is 10.0. The summed E-state index contributed by atoms with van der Waals surface area (Å²) in [4.78, 5) is 14.9. The highest BCUT2D eigenvalue weighted by molar-refractivity contribution is 9.10. The van der Waals surface area contributed by atoms with Gasteiger partial charge in [-0.2, -0.15) is 0 Å². The fraction of sp³-hybridized carbons (Fsp3) is 0.278. The van der Waals surface area contributed by atoms with Crippen LogP contribution in [-0.4, -0.2) is 23.1 Å². The molecule has 1 unspecified atom stereocenters. The molecule has 0 spiro atoms. The lowest BCUT2D eigenvalue weighted by Gasteiger charge is -2.25. The smallest absolute Gasteiger partial charge is 0.255 e. The second-order valence-electron chi connectivity index (χ2n) is 5.59. The molecule has 1 heterocycles. The first kappa shape index (κ1) is 15.6. The van der Waals surface area contributed by atoms with E-state index < -0.39 is 0 Å². The normalized spacial score (nSPS) is 17.8. The molecule has 22 heavy (non-hydrogen) atoms. The number of carbonyl (C=O) groups is 1. The molecule has 1 saturated heterocycles. The maximum absolute atomic E-state index is 12.9. The van der Waals surface area contributed by atoms with Crippen molar-refractivity contribution in [3.05, 3.63) is 69.2 Å². The molecular formula is C18H18BrNOS. The molecule has 1 amide bonds. The van der Waals surface area contributed by atoms with Gasteiger partial charge in [-0.15, -0.1) is 11.8 Å². The predicted molar refractivity (Wildman–Crippen MR) is 96.3 cm³/mol. The Morgan fingerprint density at radius 2 is 1.91 bits per heavy atom. The van der Waals surface area contributed by atoms with Crippen molar-refractivity contribution in [2.75, 3.05) is 12.3 Å². The summed E-state index contributed by atoms with van der Waals surface area (Å²) >= 11 is 5.29. The van der Waals surface area contributed by atoms with Gasteiger partial charge in [-0.05, 0) is 43.2 Å². The number of hydrogen-bond acceptors (Lipinski definition) is 2. The van der Waals surface area contributed by atoms with Crippen molar-refractivity contribution in [3.8, 4) is 0 Å². The summed E-state index contributed by atoms with van der Waals surface area (Å²) in [5, 5.41) is 0.112. The largest absolute Gasteiger partial charge is 0.322 e. The van der Waals surface area contributed by atoms with Gasteiger partial charge in [0.25, 0.3) is 5.91 Å². The van der Waals surface area contributed by atoms with Crippen LogP contribution in [0.5, 0.6) is 0 Å². The van der Waals surface area contributed by atoms with Crippen LogP contribution < -0.4 is 0 Å². The molecule has 2 aromatic carbocycles. The Morgan fingerprint density at radius 3 is 2.59 bits per heavy atom. The molecule has 1 aliphatic rings. The molecule has 0 radical (unpaired) electrons. The Labute approximate surface area is 144 Å². The minimum Gasteiger partial charge on any atom is -0.322 e. The highest BCUT2D eigenvalue weighted by Crippen LogP contribution is 2.39. The topological polar surface area (TPSA) is 20.3 Å². The van der Waals surface area contributed by atoms with Crippen LogP contribution >= 0.6 is 27.7 Å². The van der Waals surface area contributed by atoms with Crippen molar-refractivity contribution in [2.24, 2.45) is 0 Å². The maximum Gasteiger partial charge on any atom is 0.255 e. The number of rotatable bonds is 2. The monoisotopic (exact) mass is 375 g/mol. The summed E-state index contributed by atoms with van der Waals surface area (Å²) in [5.41, 5.74) is 4.24. The average Bonchev–Trinajstić information content (AvgIpc) is 2.97. The zero-order valence-electron chi connectivity index (χ0n) is 12.7. The minimum atomic E-state index is 0.112. The Balaban J connectivity index is 1.89. The summed E-state index contributed by atoms with van der Waals surface area (Å²) in [5.74, 6) is 1.12. The van der Waals surface area contributed by atoms with E-state index in [1.807, 2.05) is 47.9 Å². The first-order valence-electron chi connectivity index (χ1n) is 7.31. The van der Waals surface area contributed by atoms with Crippen LogP contribution in [0.2, 0.25) is 0 Å². The van der Waals surface area contributed by atoms with Crippen molar-refractivity contribution in [2.45, 2.75) is 19.2 Å². The molecule has 1 atom stereocenters. The third kappa shape index (κ3) is 3.08. The quantitative estimate of drug-likeness (QED) is 0.739. The number of thioether (sulfide) groups is 1. The van der Waals surface area contributed by atoms with Crippen molar-refractivity contribution >= 4 is 33.6 Å². The van der Waals surface area contributed by atoms with Crippen LogP contribution in [0.1, 0.15) is 32.4 Å². The van der Waals surface area contributed by atoms with Gasteiger partial charge in [-0.1, -0.05) is 45.8 Å². The van der Waals surface area contributed by atoms with Crippen molar-refractivity contribution in [1.82, 2.24) is 4.90 Å². The summed E-state index contributed by atoms with van der Waals surface area (Å²) in [7, 11) is 0. The molecule has 114 valence electrons. The first-order chi connectivity index (χ1) is 10.6. The number of amides is 1. The van der Waals surface area contributed by atoms with E-state index in [1.54, 1.807) is 0 Å². The molecule has 2 aromatic rings. The summed E-state index contributed by atoms with van der Waals surface area (Å²) in [6.07, 6.45) is 0. The standard InChI is InChI=1S/C18H18BrNOS/c1-12-3-8-16(13(2)11-12)17(21)20-9-10-22-18(20)14-4-6-15(19)7-5-14/h3-8,11,18H,9-10H2,1-2H3. The van der Waals surface area contributed by atoms with Gasteiger partial charge in [-0.25, -0.2) is 0 Å². The van der Waals surface area contributed by atoms with Gasteiger partial charge in [0.2, 0.25) is 0 Å². The number of carbonyl (C=O) groups excluding carboxylic acids is 1. The third-order valence-electron chi connectivity index (χ3n) is 3.92. The fourth-order valence-corrected chi connectivity index (χ4v) is 4.31. The molecule has 4 heteroatoms. The molecule has 0 bridgehead atoms. The van der Waals surface area contributed by atoms with E-state index in [1.165, 1.54) is 11.1 Å². The van der Waals surface area contributed by atoms with Crippen LogP contribution in [0, 0.1) is 13.8 Å². The lowest BCUT2D eigenvalue weighted by molar-refractivity contribution is 0.0759. The van der Waals surface area contributed by atoms with Crippen LogP contribution in [0.4, 0.5) is 0 Å². The second kappa shape index (κ2) is 6.47. The van der Waals surface area contributed by atoms with Crippen LogP contribution in [0.25, 0.3) is 0 Å². The van der Waals surface area contributed by atoms with Crippen molar-refractivity contribution < 1.29 is 4.79 Å². The molecule has 0 aliphatic carbocycles. The molecule has 1 aliphatic heterocycles. The highest BCUT2D eigenvalue weighted by atomic mass is 79.9. The number of hydrogen-bond donors (Lipinski definition) is 0. The van der Waals surface area contributed by atoms with Crippen molar-refractivity contribution in [3.63, 3.8) is 0 Å². The molecule has 0 aromatic heterocycles. The number of nitrogens with zero attached hydrogens (tertiary/aromatic N) is 1. The van der Waals surface area contributed by atoms with Gasteiger partial charge in [0.15, 0.2) is 0 Å². The zero-order chi connectivity index (χ0) is 15.7. The molecule has 0 saturated carbocycles. The van der Waals surface area contributed by atoms with E-state index in [9.17, 15) is 4.79 Å². The van der Waals surface area contributed by atoms with Crippen LogP contribution in [-0.2, 0) is 0 Å². The number of benzene rings is 2. The van der Waals surface area contributed by atoms with E-state index in [0.717, 1.165) is 27.9 Å². The van der Waals surface area contributed by atoms with Gasteiger partial charge in [0.05, 0.1) is 0 Å². The minimum absolute atomic E-state index is 0.112. The molecule has 0 N–H and O–H groups in total. The van der Waals surface area contributed by atoms with E-state index >= 15 is 0 Å². The Bertz CT molecular complexity index is 699. The van der Waals surface area contributed by atoms with E-state index in [4.69, 9.17) is 0 Å². The molecule has 2 nitrogen and oxygen atoms in total. The number of halogens is 1. The molecular weight excluding hydrogens is 358 g/mol. The van der Waals surface area contributed by atoms with Crippen LogP contribution in [0.15, 0.2) is 46.9 Å². The van der Waals surface area contributed by atoms with E-state index in [-0.39, 0.29) is 11.3 Å². The van der Waals surface area contributed by atoms with Gasteiger partial charge in [0.1, 0.15) is 5.37 Å². The van der Waals surface area contributed by atoms with Gasteiger partial charge < -0.3 is 4.90 Å². The van der Waals surface area contributed by atoms with E-state index in [0.29, 0.717) is 0 Å². The van der Waals surface area contributed by atoms with Gasteiger partial charge >= 0.3 is 0 Å². The second-order valence-corrected chi connectivity index (χ2v) is 7.70. The lowest BCUT2D eigenvalue weighted by Crippen LogP contribution is -2.30. The van der Waals surface area contributed by atoms with Gasteiger partial charge in [0, 0.05) is 22.3 Å². The SMILES string of the molecule is Cc1ccc(C(=O)N2CCSC2c2ccc(Br)cc2)c(C)c1. The maximum atomic E-state index is 12.9. The van der Waals surface area contributed by atoms with Crippen LogP contribution in [0.3, 0.4) is 0 Å². The van der Waals surface area contributed by atoms with Gasteiger partial charge in [-0.3, -0.25) is 4.79 Å². The summed E-state index contributed by atoms with van der Waals surface area (Å²) < 4.78 is 1.06. The van der Waals surface area contributed by atoms with E-state index in [2.05, 4.69) is 41.1 Å². The third-order valence-corrected chi connectivity index (χ3v) is 5.71. The molecule has 3 rings (SSSR count). The van der Waals surface area contributed by atoms with Crippen molar-refractivity contribution in [1.29, 1.82) is 0 Å². The summed E-state index contributed by atoms with van der Waals surface area (Å²) in [6.45, 7) is 4.87. The summed E-state index contributed by atoms with van der Waals surface area (Å²) in [6, 6.07) is 14.3. The predicted octanol–water partition coefficient (Wildman–Crippen LogP) is 4.95. The number of aryl methyl sites for hydroxylation is 2. The highest BCUT2D eigenvalue weighted by Gasteiger charge is 2.31. The Morgan fingerprint density at radius 1 is 1.18 bits per heavy atom. The molecule has 1 fully saturated rings. The Hall–Kier alpha value is -1.26. The first-order valence-corrected chi connectivity index (χ1v) is 9.16. The average molecular weight is 376 g/mol. The zero-order valence-corrected chi connectivity index (χ0v) is 15.1. The Kier molecular flexibility index (Phi) is 4.59. The fourth-order valence-electron chi connectivity index (χ4n) is 2.79.